The molecule has 6 rings (SSSR count). The molecule has 0 fully saturated rings. The molecule has 0 aliphatic heterocycles. The molecule has 0 atom stereocenters. The fourth-order valence-electron chi connectivity index (χ4n) is 5.11. The van der Waals surface area contributed by atoms with Crippen LogP contribution in [0.2, 0.25) is 0 Å². The first-order valence-electron chi connectivity index (χ1n) is 10.6. The highest BCUT2D eigenvalue weighted by molar-refractivity contribution is 5.91. The van der Waals surface area contributed by atoms with E-state index < -0.39 is 0 Å². The average molecular weight is 425 g/mol. The minimum absolute atomic E-state index is 0.0455. The number of hydrogen-bond donors (Lipinski definition) is 3. The van der Waals surface area contributed by atoms with E-state index in [0.29, 0.717) is 0 Å². The van der Waals surface area contributed by atoms with E-state index in [-0.39, 0.29) is 29.6 Å². The van der Waals surface area contributed by atoms with Gasteiger partial charge in [0.05, 0.1) is 0 Å². The second-order valence-electron chi connectivity index (χ2n) is 8.44. The minimum Gasteiger partial charge on any atom is -0.326 e. The third-order valence-electron chi connectivity index (χ3n) is 6.09. The maximum absolute atomic E-state index is 11.6. The van der Waals surface area contributed by atoms with Crippen LogP contribution in [0.15, 0.2) is 54.6 Å². The van der Waals surface area contributed by atoms with Crippen molar-refractivity contribution in [3.63, 3.8) is 0 Å². The van der Waals surface area contributed by atoms with Gasteiger partial charge in [0.15, 0.2) is 0 Å². The molecule has 0 heterocycles. The molecule has 3 aliphatic carbocycles. The van der Waals surface area contributed by atoms with Gasteiger partial charge in [0.25, 0.3) is 0 Å². The van der Waals surface area contributed by atoms with Crippen LogP contribution in [0, 0.1) is 0 Å². The SMILES string of the molecule is CC(=O)Nc1ccc2c(c1)C1c3cc(NC(C)=O)ccc3C2c2ccc(NC(C)=O)cc21. The zero-order valence-electron chi connectivity index (χ0n) is 18.1. The van der Waals surface area contributed by atoms with E-state index in [9.17, 15) is 14.4 Å². The predicted molar refractivity (Wildman–Crippen MR) is 124 cm³/mol. The Hall–Kier alpha value is -3.93. The van der Waals surface area contributed by atoms with E-state index in [1.54, 1.807) is 0 Å². The number of rotatable bonds is 3. The zero-order chi connectivity index (χ0) is 22.6. The van der Waals surface area contributed by atoms with E-state index in [1.807, 2.05) is 36.4 Å². The average Bonchev–Trinajstić information content (AvgIpc) is 2.71. The van der Waals surface area contributed by atoms with Crippen molar-refractivity contribution in [1.82, 2.24) is 0 Å². The van der Waals surface area contributed by atoms with Gasteiger partial charge in [0.2, 0.25) is 17.7 Å². The van der Waals surface area contributed by atoms with Crippen molar-refractivity contribution in [3.05, 3.63) is 88.0 Å². The van der Waals surface area contributed by atoms with E-state index in [0.717, 1.165) is 33.8 Å². The summed E-state index contributed by atoms with van der Waals surface area (Å²) in [6.07, 6.45) is 0. The van der Waals surface area contributed by atoms with Crippen molar-refractivity contribution >= 4 is 34.8 Å². The molecule has 3 aromatic carbocycles. The Labute approximate surface area is 186 Å². The maximum atomic E-state index is 11.6. The van der Waals surface area contributed by atoms with Crippen molar-refractivity contribution in [3.8, 4) is 0 Å². The van der Waals surface area contributed by atoms with Gasteiger partial charge in [0, 0.05) is 49.7 Å². The van der Waals surface area contributed by atoms with Crippen molar-refractivity contribution < 1.29 is 14.4 Å². The minimum atomic E-state index is -0.118. The van der Waals surface area contributed by atoms with Gasteiger partial charge in [-0.15, -0.1) is 0 Å². The number of anilines is 3. The molecule has 2 bridgehead atoms. The predicted octanol–water partition coefficient (Wildman–Crippen LogP) is 4.55. The van der Waals surface area contributed by atoms with Crippen molar-refractivity contribution in [2.24, 2.45) is 0 Å². The molecule has 6 nitrogen and oxygen atoms in total. The molecule has 32 heavy (non-hydrogen) atoms. The van der Waals surface area contributed by atoms with Crippen LogP contribution < -0.4 is 16.0 Å². The summed E-state index contributed by atoms with van der Waals surface area (Å²) in [5.41, 5.74) is 9.27. The van der Waals surface area contributed by atoms with Crippen LogP contribution in [0.5, 0.6) is 0 Å². The van der Waals surface area contributed by atoms with Gasteiger partial charge < -0.3 is 16.0 Å². The molecule has 0 radical (unpaired) electrons. The highest BCUT2D eigenvalue weighted by Gasteiger charge is 2.41. The Balaban J connectivity index is 1.71. The van der Waals surface area contributed by atoms with Gasteiger partial charge in [0.1, 0.15) is 0 Å². The Bertz CT molecular complexity index is 1150. The Morgan fingerprint density at radius 1 is 0.500 bits per heavy atom. The van der Waals surface area contributed by atoms with Crippen LogP contribution in [-0.4, -0.2) is 17.7 Å². The molecule has 0 saturated carbocycles. The lowest BCUT2D eigenvalue weighted by atomic mass is 9.61. The summed E-state index contributed by atoms with van der Waals surface area (Å²) in [7, 11) is 0. The van der Waals surface area contributed by atoms with Gasteiger partial charge in [-0.3, -0.25) is 14.4 Å². The van der Waals surface area contributed by atoms with E-state index in [2.05, 4.69) is 34.1 Å². The third kappa shape index (κ3) is 3.24. The van der Waals surface area contributed by atoms with Crippen LogP contribution in [-0.2, 0) is 14.4 Å². The summed E-state index contributed by atoms with van der Waals surface area (Å²) < 4.78 is 0. The topological polar surface area (TPSA) is 87.3 Å². The van der Waals surface area contributed by atoms with E-state index in [4.69, 9.17) is 0 Å². The zero-order valence-corrected chi connectivity index (χ0v) is 18.1. The lowest BCUT2D eigenvalue weighted by Gasteiger charge is -2.42. The number of carbonyl (C=O) groups excluding carboxylic acids is 3. The molecule has 3 N–H and O–H groups in total. The second-order valence-corrected chi connectivity index (χ2v) is 8.44. The molecular weight excluding hydrogens is 402 g/mol. The summed E-state index contributed by atoms with van der Waals surface area (Å²) in [5, 5.41) is 8.65. The fourth-order valence-corrected chi connectivity index (χ4v) is 5.11. The first-order valence-corrected chi connectivity index (χ1v) is 10.6. The van der Waals surface area contributed by atoms with Crippen LogP contribution in [0.25, 0.3) is 0 Å². The Morgan fingerprint density at radius 2 is 0.781 bits per heavy atom. The number of benzene rings is 3. The number of amides is 3. The molecule has 0 unspecified atom stereocenters. The van der Waals surface area contributed by atoms with E-state index in [1.165, 1.54) is 37.5 Å². The van der Waals surface area contributed by atoms with Crippen LogP contribution >= 0.6 is 0 Å². The standard InChI is InChI=1S/C26H23N3O3/c1-13(30)27-16-4-7-19-22(10-16)26-23-11-17(28-14(2)31)5-8-20(23)25(19)21-9-6-18(12-24(21)26)29-15(3)32/h4-12,25-26H,1-3H3,(H,27,30)(H,28,31)(H,29,32). The summed E-state index contributed by atoms with van der Waals surface area (Å²) in [4.78, 5) is 34.9. The first kappa shape index (κ1) is 20.0. The van der Waals surface area contributed by atoms with Crippen LogP contribution in [0.1, 0.15) is 66.0 Å². The number of nitrogens with one attached hydrogen (secondary N) is 3. The third-order valence-corrected chi connectivity index (χ3v) is 6.09. The normalized spacial score (nSPS) is 17.0. The summed E-state index contributed by atoms with van der Waals surface area (Å²) >= 11 is 0. The lowest BCUT2D eigenvalue weighted by Crippen LogP contribution is -2.28. The van der Waals surface area contributed by atoms with Gasteiger partial charge >= 0.3 is 0 Å². The quantitative estimate of drug-likeness (QED) is 0.396. The van der Waals surface area contributed by atoms with Gasteiger partial charge in [-0.25, -0.2) is 0 Å². The summed E-state index contributed by atoms with van der Waals surface area (Å²) in [6.45, 7) is 4.49. The van der Waals surface area contributed by atoms with Gasteiger partial charge in [-0.1, -0.05) is 18.2 Å². The van der Waals surface area contributed by atoms with E-state index >= 15 is 0 Å². The van der Waals surface area contributed by atoms with Crippen molar-refractivity contribution in [2.75, 3.05) is 16.0 Å². The molecule has 0 aromatic heterocycles. The van der Waals surface area contributed by atoms with Crippen molar-refractivity contribution in [1.29, 1.82) is 0 Å². The smallest absolute Gasteiger partial charge is 0.221 e. The van der Waals surface area contributed by atoms with Gasteiger partial charge in [-0.2, -0.15) is 0 Å². The Kier molecular flexibility index (Phi) is 4.59. The first-order chi connectivity index (χ1) is 15.3. The van der Waals surface area contributed by atoms with Crippen LogP contribution in [0.4, 0.5) is 17.1 Å². The van der Waals surface area contributed by atoms with Crippen LogP contribution in [0.3, 0.4) is 0 Å². The lowest BCUT2D eigenvalue weighted by molar-refractivity contribution is -0.115. The van der Waals surface area contributed by atoms with Gasteiger partial charge in [-0.05, 0) is 69.8 Å². The molecular formula is C26H23N3O3. The fraction of sp³-hybridized carbons (Fsp3) is 0.192. The second kappa shape index (κ2) is 7.34. The summed E-state index contributed by atoms with van der Waals surface area (Å²) in [5.74, 6) is -0.381. The Morgan fingerprint density at radius 3 is 1.06 bits per heavy atom. The molecule has 3 aromatic rings. The maximum Gasteiger partial charge on any atom is 0.221 e. The van der Waals surface area contributed by atoms with Crippen molar-refractivity contribution in [2.45, 2.75) is 32.6 Å². The molecule has 6 heteroatoms. The highest BCUT2D eigenvalue weighted by atomic mass is 16.2. The summed E-state index contributed by atoms with van der Waals surface area (Å²) in [6, 6.07) is 18.2. The molecule has 0 saturated heterocycles. The number of carbonyl (C=O) groups is 3. The molecule has 160 valence electrons. The highest BCUT2D eigenvalue weighted by Crippen LogP contribution is 2.56. The number of hydrogen-bond acceptors (Lipinski definition) is 3. The monoisotopic (exact) mass is 425 g/mol. The molecule has 3 aliphatic rings. The molecule has 0 spiro atoms. The molecule has 3 amide bonds. The largest absolute Gasteiger partial charge is 0.326 e.